The Morgan fingerprint density at radius 2 is 2.07 bits per heavy atom. The first-order chi connectivity index (χ1) is 7.16. The van der Waals surface area contributed by atoms with E-state index in [2.05, 4.69) is 15.9 Å². The third kappa shape index (κ3) is 2.44. The van der Waals surface area contributed by atoms with Crippen molar-refractivity contribution in [1.29, 1.82) is 0 Å². The quantitative estimate of drug-likeness (QED) is 0.919. The van der Waals surface area contributed by atoms with Gasteiger partial charge in [0.2, 0.25) is 6.79 Å². The number of fused-ring (bicyclic) bond motifs is 1. The molecule has 2 N–H and O–H groups in total. The maximum absolute atomic E-state index is 5.73. The maximum atomic E-state index is 5.73. The van der Waals surface area contributed by atoms with Crippen molar-refractivity contribution in [2.24, 2.45) is 5.73 Å². The van der Waals surface area contributed by atoms with Crippen LogP contribution in [0.5, 0.6) is 11.5 Å². The Balaban J connectivity index is 2.17. The molecular formula is C11H14BrNO2. The second-order valence-corrected chi connectivity index (χ2v) is 4.67. The SMILES string of the molecule is C[C@@H](N)CCc1cc2c(cc1Br)OCO2. The zero-order valence-corrected chi connectivity index (χ0v) is 10.2. The number of benzene rings is 1. The zero-order chi connectivity index (χ0) is 10.8. The van der Waals surface area contributed by atoms with Gasteiger partial charge in [-0.3, -0.25) is 0 Å². The van der Waals surface area contributed by atoms with Crippen LogP contribution in [0.2, 0.25) is 0 Å². The van der Waals surface area contributed by atoms with Crippen LogP contribution in [0.1, 0.15) is 18.9 Å². The molecule has 4 heteroatoms. The molecule has 0 saturated heterocycles. The summed E-state index contributed by atoms with van der Waals surface area (Å²) >= 11 is 3.52. The van der Waals surface area contributed by atoms with Crippen LogP contribution < -0.4 is 15.2 Å². The lowest BCUT2D eigenvalue weighted by atomic mass is 10.1. The predicted octanol–water partition coefficient (Wildman–Crippen LogP) is 2.46. The second-order valence-electron chi connectivity index (χ2n) is 3.81. The number of rotatable bonds is 3. The van der Waals surface area contributed by atoms with E-state index in [9.17, 15) is 0 Å². The van der Waals surface area contributed by atoms with E-state index in [4.69, 9.17) is 15.2 Å². The fraction of sp³-hybridized carbons (Fsp3) is 0.455. The van der Waals surface area contributed by atoms with Crippen molar-refractivity contribution >= 4 is 15.9 Å². The molecule has 0 spiro atoms. The average molecular weight is 272 g/mol. The highest BCUT2D eigenvalue weighted by Gasteiger charge is 2.16. The molecule has 0 unspecified atom stereocenters. The summed E-state index contributed by atoms with van der Waals surface area (Å²) < 4.78 is 11.7. The minimum Gasteiger partial charge on any atom is -0.454 e. The van der Waals surface area contributed by atoms with Crippen LogP contribution in [0, 0.1) is 0 Å². The Morgan fingerprint density at radius 1 is 1.40 bits per heavy atom. The van der Waals surface area contributed by atoms with Crippen molar-refractivity contribution in [3.8, 4) is 11.5 Å². The Kier molecular flexibility index (Phi) is 3.17. The minimum atomic E-state index is 0.224. The minimum absolute atomic E-state index is 0.224. The monoisotopic (exact) mass is 271 g/mol. The molecule has 0 fully saturated rings. The molecule has 0 radical (unpaired) electrons. The van der Waals surface area contributed by atoms with Gasteiger partial charge in [0.1, 0.15) is 0 Å². The van der Waals surface area contributed by atoms with Gasteiger partial charge in [-0.15, -0.1) is 0 Å². The molecule has 1 heterocycles. The van der Waals surface area contributed by atoms with Gasteiger partial charge in [0.15, 0.2) is 11.5 Å². The Bertz CT molecular complexity index is 366. The fourth-order valence-electron chi connectivity index (χ4n) is 1.53. The van der Waals surface area contributed by atoms with Gasteiger partial charge in [-0.05, 0) is 37.5 Å². The van der Waals surface area contributed by atoms with Crippen LogP contribution in [-0.2, 0) is 6.42 Å². The molecule has 1 atom stereocenters. The van der Waals surface area contributed by atoms with Crippen molar-refractivity contribution in [3.05, 3.63) is 22.2 Å². The van der Waals surface area contributed by atoms with Gasteiger partial charge < -0.3 is 15.2 Å². The molecule has 0 bridgehead atoms. The number of hydrogen-bond donors (Lipinski definition) is 1. The molecular weight excluding hydrogens is 258 g/mol. The van der Waals surface area contributed by atoms with E-state index in [0.717, 1.165) is 28.8 Å². The van der Waals surface area contributed by atoms with E-state index >= 15 is 0 Å². The Morgan fingerprint density at radius 3 is 2.73 bits per heavy atom. The molecule has 1 aromatic rings. The highest BCUT2D eigenvalue weighted by molar-refractivity contribution is 9.10. The molecule has 1 aliphatic rings. The summed E-state index contributed by atoms with van der Waals surface area (Å²) in [5, 5.41) is 0. The average Bonchev–Trinajstić information content (AvgIpc) is 2.60. The lowest BCUT2D eigenvalue weighted by Gasteiger charge is -2.08. The van der Waals surface area contributed by atoms with E-state index in [1.165, 1.54) is 5.56 Å². The first-order valence-electron chi connectivity index (χ1n) is 5.00. The number of halogens is 1. The maximum Gasteiger partial charge on any atom is 0.231 e. The molecule has 82 valence electrons. The van der Waals surface area contributed by atoms with Crippen molar-refractivity contribution in [1.82, 2.24) is 0 Å². The van der Waals surface area contributed by atoms with E-state index < -0.39 is 0 Å². The second kappa shape index (κ2) is 4.41. The lowest BCUT2D eigenvalue weighted by Crippen LogP contribution is -2.15. The standard InChI is InChI=1S/C11H14BrNO2/c1-7(13)2-3-8-4-10-11(5-9(8)12)15-6-14-10/h4-5,7H,2-3,6,13H2,1H3/t7-/m1/s1. The number of aryl methyl sites for hydroxylation is 1. The zero-order valence-electron chi connectivity index (χ0n) is 8.63. The number of nitrogens with two attached hydrogens (primary N) is 1. The summed E-state index contributed by atoms with van der Waals surface area (Å²) in [5.41, 5.74) is 6.95. The van der Waals surface area contributed by atoms with Gasteiger partial charge in [-0.1, -0.05) is 15.9 Å². The molecule has 1 aliphatic heterocycles. The van der Waals surface area contributed by atoms with Crippen LogP contribution in [0.25, 0.3) is 0 Å². The van der Waals surface area contributed by atoms with Gasteiger partial charge in [-0.25, -0.2) is 0 Å². The van der Waals surface area contributed by atoms with Gasteiger partial charge in [0.25, 0.3) is 0 Å². The van der Waals surface area contributed by atoms with Crippen molar-refractivity contribution in [3.63, 3.8) is 0 Å². The van der Waals surface area contributed by atoms with Gasteiger partial charge in [0.05, 0.1) is 0 Å². The lowest BCUT2D eigenvalue weighted by molar-refractivity contribution is 0.174. The third-order valence-electron chi connectivity index (χ3n) is 2.41. The van der Waals surface area contributed by atoms with E-state index in [1.807, 2.05) is 19.1 Å². The van der Waals surface area contributed by atoms with Gasteiger partial charge >= 0.3 is 0 Å². The summed E-state index contributed by atoms with van der Waals surface area (Å²) in [4.78, 5) is 0. The highest BCUT2D eigenvalue weighted by atomic mass is 79.9. The van der Waals surface area contributed by atoms with Gasteiger partial charge in [0, 0.05) is 10.5 Å². The summed E-state index contributed by atoms with van der Waals surface area (Å²) in [6.45, 7) is 2.33. The van der Waals surface area contributed by atoms with E-state index in [1.54, 1.807) is 0 Å². The molecule has 0 aromatic heterocycles. The molecule has 0 saturated carbocycles. The largest absolute Gasteiger partial charge is 0.454 e. The first kappa shape index (κ1) is 10.8. The van der Waals surface area contributed by atoms with E-state index in [0.29, 0.717) is 6.79 Å². The summed E-state index contributed by atoms with van der Waals surface area (Å²) in [6, 6.07) is 4.20. The van der Waals surface area contributed by atoms with E-state index in [-0.39, 0.29) is 6.04 Å². The van der Waals surface area contributed by atoms with Crippen LogP contribution in [0.15, 0.2) is 16.6 Å². The van der Waals surface area contributed by atoms with Crippen LogP contribution in [0.3, 0.4) is 0 Å². The molecule has 1 aromatic carbocycles. The molecule has 0 amide bonds. The number of hydrogen-bond acceptors (Lipinski definition) is 3. The normalized spacial score (nSPS) is 15.4. The first-order valence-corrected chi connectivity index (χ1v) is 5.79. The molecule has 0 aliphatic carbocycles. The summed E-state index contributed by atoms with van der Waals surface area (Å²) in [5.74, 6) is 1.64. The highest BCUT2D eigenvalue weighted by Crippen LogP contribution is 2.37. The van der Waals surface area contributed by atoms with Crippen molar-refractivity contribution in [2.75, 3.05) is 6.79 Å². The molecule has 3 nitrogen and oxygen atoms in total. The van der Waals surface area contributed by atoms with Crippen LogP contribution in [0.4, 0.5) is 0 Å². The Hall–Kier alpha value is -0.740. The number of ether oxygens (including phenoxy) is 2. The molecule has 15 heavy (non-hydrogen) atoms. The van der Waals surface area contributed by atoms with Crippen molar-refractivity contribution < 1.29 is 9.47 Å². The van der Waals surface area contributed by atoms with Crippen LogP contribution in [-0.4, -0.2) is 12.8 Å². The molecule has 2 rings (SSSR count). The smallest absolute Gasteiger partial charge is 0.231 e. The van der Waals surface area contributed by atoms with Crippen LogP contribution >= 0.6 is 15.9 Å². The topological polar surface area (TPSA) is 44.5 Å². The fourth-order valence-corrected chi connectivity index (χ4v) is 2.05. The summed E-state index contributed by atoms with van der Waals surface area (Å²) in [6.07, 6.45) is 1.92. The predicted molar refractivity (Wildman–Crippen MR) is 62.2 cm³/mol. The third-order valence-corrected chi connectivity index (χ3v) is 3.15. The van der Waals surface area contributed by atoms with Gasteiger partial charge in [-0.2, -0.15) is 0 Å². The summed E-state index contributed by atoms with van der Waals surface area (Å²) in [7, 11) is 0. The van der Waals surface area contributed by atoms with Crippen molar-refractivity contribution in [2.45, 2.75) is 25.8 Å². The Labute approximate surface area is 97.7 Å².